The second kappa shape index (κ2) is 7.04. The second-order valence-electron chi connectivity index (χ2n) is 8.05. The van der Waals surface area contributed by atoms with E-state index in [-0.39, 0.29) is 6.10 Å². The Morgan fingerprint density at radius 1 is 1.15 bits per heavy atom. The van der Waals surface area contributed by atoms with Gasteiger partial charge in [0.1, 0.15) is 18.1 Å². The van der Waals surface area contributed by atoms with E-state index in [1.165, 1.54) is 23.7 Å². The summed E-state index contributed by atoms with van der Waals surface area (Å²) in [4.78, 5) is 6.85. The molecule has 142 valence electrons. The van der Waals surface area contributed by atoms with E-state index in [1.54, 1.807) is 6.26 Å². The molecule has 1 saturated carbocycles. The standard InChI is InChI=1S/C22H27N3O2/c1-16-23-18(15-26-16)14-24-10-7-19(8-11-24)27-22-4-2-3-21-20(22)9-12-25(21)13-17-5-6-17/h2-4,9,12,15,17,19H,5-8,10-11,13-14H2,1H3. The summed E-state index contributed by atoms with van der Waals surface area (Å²) >= 11 is 0. The van der Waals surface area contributed by atoms with E-state index in [0.29, 0.717) is 0 Å². The molecule has 5 heteroatoms. The molecule has 0 bridgehead atoms. The SMILES string of the molecule is Cc1nc(CN2CCC(Oc3cccc4c3ccn4CC3CC3)CC2)co1. The van der Waals surface area contributed by atoms with Crippen molar-refractivity contribution in [2.45, 2.75) is 51.8 Å². The van der Waals surface area contributed by atoms with Crippen LogP contribution >= 0.6 is 0 Å². The van der Waals surface area contributed by atoms with Gasteiger partial charge in [-0.2, -0.15) is 0 Å². The average Bonchev–Trinajstić information content (AvgIpc) is 3.26. The molecule has 1 aliphatic carbocycles. The summed E-state index contributed by atoms with van der Waals surface area (Å²) in [6.45, 7) is 5.98. The molecule has 0 atom stereocenters. The first-order valence-electron chi connectivity index (χ1n) is 10.1. The normalized spacial score (nSPS) is 19.0. The molecule has 5 rings (SSSR count). The minimum absolute atomic E-state index is 0.290. The molecule has 1 aromatic carbocycles. The van der Waals surface area contributed by atoms with Gasteiger partial charge in [-0.3, -0.25) is 4.90 Å². The van der Waals surface area contributed by atoms with Crippen molar-refractivity contribution in [2.75, 3.05) is 13.1 Å². The first-order chi connectivity index (χ1) is 13.2. The van der Waals surface area contributed by atoms with Crippen LogP contribution in [0, 0.1) is 12.8 Å². The number of hydrogen-bond donors (Lipinski definition) is 0. The van der Waals surface area contributed by atoms with Crippen molar-refractivity contribution in [2.24, 2.45) is 5.92 Å². The zero-order valence-electron chi connectivity index (χ0n) is 15.9. The van der Waals surface area contributed by atoms with Crippen LogP contribution in [-0.4, -0.2) is 33.6 Å². The van der Waals surface area contributed by atoms with E-state index >= 15 is 0 Å². The van der Waals surface area contributed by atoms with Gasteiger partial charge in [0, 0.05) is 44.7 Å². The molecular formula is C22H27N3O2. The van der Waals surface area contributed by atoms with Gasteiger partial charge in [0.2, 0.25) is 0 Å². The van der Waals surface area contributed by atoms with Gasteiger partial charge >= 0.3 is 0 Å². The Morgan fingerprint density at radius 3 is 2.74 bits per heavy atom. The molecule has 3 aromatic rings. The third-order valence-corrected chi connectivity index (χ3v) is 5.81. The molecule has 0 N–H and O–H groups in total. The van der Waals surface area contributed by atoms with Gasteiger partial charge in [-0.05, 0) is 49.8 Å². The van der Waals surface area contributed by atoms with Crippen LogP contribution in [0.3, 0.4) is 0 Å². The van der Waals surface area contributed by atoms with Crippen molar-refractivity contribution >= 4 is 10.9 Å². The summed E-state index contributed by atoms with van der Waals surface area (Å²) in [6.07, 6.45) is 9.14. The van der Waals surface area contributed by atoms with Gasteiger partial charge in [0.25, 0.3) is 0 Å². The number of ether oxygens (including phenoxy) is 1. The molecule has 0 spiro atoms. The fourth-order valence-corrected chi connectivity index (χ4v) is 4.11. The fourth-order valence-electron chi connectivity index (χ4n) is 4.11. The van der Waals surface area contributed by atoms with Crippen LogP contribution in [0.25, 0.3) is 10.9 Å². The minimum Gasteiger partial charge on any atom is -0.490 e. The highest BCUT2D eigenvalue weighted by Crippen LogP contribution is 2.34. The maximum absolute atomic E-state index is 6.43. The van der Waals surface area contributed by atoms with Crippen LogP contribution in [0.4, 0.5) is 0 Å². The Balaban J connectivity index is 1.22. The number of hydrogen-bond acceptors (Lipinski definition) is 4. The van der Waals surface area contributed by atoms with Crippen molar-refractivity contribution in [1.82, 2.24) is 14.5 Å². The van der Waals surface area contributed by atoms with Crippen LogP contribution in [0.15, 0.2) is 41.1 Å². The van der Waals surface area contributed by atoms with E-state index in [4.69, 9.17) is 9.15 Å². The maximum atomic E-state index is 6.43. The molecule has 1 aliphatic heterocycles. The molecule has 0 amide bonds. The van der Waals surface area contributed by atoms with Crippen molar-refractivity contribution in [3.8, 4) is 5.75 Å². The number of aryl methyl sites for hydroxylation is 1. The number of rotatable bonds is 6. The summed E-state index contributed by atoms with van der Waals surface area (Å²) in [5, 5.41) is 1.25. The van der Waals surface area contributed by atoms with Gasteiger partial charge in [0.15, 0.2) is 5.89 Å². The lowest BCUT2D eigenvalue weighted by Crippen LogP contribution is -2.37. The Labute approximate surface area is 159 Å². The van der Waals surface area contributed by atoms with Crippen LogP contribution in [0.5, 0.6) is 5.75 Å². The third kappa shape index (κ3) is 3.74. The number of piperidine rings is 1. The highest BCUT2D eigenvalue weighted by Gasteiger charge is 2.24. The van der Waals surface area contributed by atoms with Crippen molar-refractivity contribution in [3.63, 3.8) is 0 Å². The predicted molar refractivity (Wildman–Crippen MR) is 105 cm³/mol. The van der Waals surface area contributed by atoms with Crippen LogP contribution < -0.4 is 4.74 Å². The minimum atomic E-state index is 0.290. The summed E-state index contributed by atoms with van der Waals surface area (Å²) < 4.78 is 14.1. The van der Waals surface area contributed by atoms with E-state index in [9.17, 15) is 0 Å². The lowest BCUT2D eigenvalue weighted by atomic mass is 10.1. The molecule has 0 unspecified atom stereocenters. The van der Waals surface area contributed by atoms with Crippen molar-refractivity contribution in [3.05, 3.63) is 48.3 Å². The summed E-state index contributed by atoms with van der Waals surface area (Å²) in [7, 11) is 0. The van der Waals surface area contributed by atoms with Crippen LogP contribution in [0.1, 0.15) is 37.3 Å². The molecule has 0 radical (unpaired) electrons. The molecule has 2 fully saturated rings. The van der Waals surface area contributed by atoms with E-state index in [1.807, 2.05) is 6.92 Å². The highest BCUT2D eigenvalue weighted by molar-refractivity contribution is 5.86. The summed E-state index contributed by atoms with van der Waals surface area (Å²) in [5.74, 6) is 2.65. The molecule has 2 aliphatic rings. The average molecular weight is 365 g/mol. The number of oxazole rings is 1. The van der Waals surface area contributed by atoms with E-state index < -0.39 is 0 Å². The highest BCUT2D eigenvalue weighted by atomic mass is 16.5. The van der Waals surface area contributed by atoms with Gasteiger partial charge < -0.3 is 13.7 Å². The van der Waals surface area contributed by atoms with E-state index in [0.717, 1.165) is 62.3 Å². The lowest BCUT2D eigenvalue weighted by Gasteiger charge is -2.31. The predicted octanol–water partition coefficient (Wildman–Crippen LogP) is 4.39. The number of aromatic nitrogens is 2. The number of benzene rings is 1. The third-order valence-electron chi connectivity index (χ3n) is 5.81. The molecular weight excluding hydrogens is 338 g/mol. The van der Waals surface area contributed by atoms with Crippen molar-refractivity contribution in [1.29, 1.82) is 0 Å². The first-order valence-corrected chi connectivity index (χ1v) is 10.1. The zero-order valence-corrected chi connectivity index (χ0v) is 15.9. The molecule has 3 heterocycles. The fraction of sp³-hybridized carbons (Fsp3) is 0.500. The summed E-state index contributed by atoms with van der Waals surface area (Å²) in [6, 6.07) is 8.68. The number of fused-ring (bicyclic) bond motifs is 1. The first kappa shape index (κ1) is 16.9. The van der Waals surface area contributed by atoms with Crippen molar-refractivity contribution < 1.29 is 9.15 Å². The maximum Gasteiger partial charge on any atom is 0.191 e. The van der Waals surface area contributed by atoms with E-state index in [2.05, 4.69) is 44.9 Å². The van der Waals surface area contributed by atoms with Gasteiger partial charge in [-0.25, -0.2) is 4.98 Å². The molecule has 1 saturated heterocycles. The lowest BCUT2D eigenvalue weighted by molar-refractivity contribution is 0.0973. The Kier molecular flexibility index (Phi) is 4.40. The molecule has 5 nitrogen and oxygen atoms in total. The topological polar surface area (TPSA) is 43.4 Å². The van der Waals surface area contributed by atoms with Gasteiger partial charge in [-0.15, -0.1) is 0 Å². The smallest absolute Gasteiger partial charge is 0.191 e. The quantitative estimate of drug-likeness (QED) is 0.650. The number of likely N-dealkylation sites (tertiary alicyclic amines) is 1. The molecule has 2 aromatic heterocycles. The Morgan fingerprint density at radius 2 is 2.00 bits per heavy atom. The Bertz CT molecular complexity index is 917. The second-order valence-corrected chi connectivity index (χ2v) is 8.05. The van der Waals surface area contributed by atoms with Crippen LogP contribution in [0.2, 0.25) is 0 Å². The monoisotopic (exact) mass is 365 g/mol. The Hall–Kier alpha value is -2.27. The van der Waals surface area contributed by atoms with Gasteiger partial charge in [-0.1, -0.05) is 6.07 Å². The summed E-state index contributed by atoms with van der Waals surface area (Å²) in [5.41, 5.74) is 2.33. The molecule has 27 heavy (non-hydrogen) atoms. The largest absolute Gasteiger partial charge is 0.490 e. The number of nitrogens with zero attached hydrogens (tertiary/aromatic N) is 3. The van der Waals surface area contributed by atoms with Gasteiger partial charge in [0.05, 0.1) is 11.2 Å². The van der Waals surface area contributed by atoms with Crippen LogP contribution in [-0.2, 0) is 13.1 Å². The zero-order chi connectivity index (χ0) is 18.2.